The molecule has 0 aliphatic rings. The van der Waals surface area contributed by atoms with Crippen molar-refractivity contribution >= 4 is 21.9 Å². The lowest BCUT2D eigenvalue weighted by atomic mass is 10.1. The number of guanidine groups is 1. The molecule has 1 rings (SSSR count). The quantitative estimate of drug-likeness (QED) is 0.652. The highest BCUT2D eigenvalue weighted by atomic mass is 79.9. The first-order valence-corrected chi connectivity index (χ1v) is 6.09. The molecular formula is C12H17BrFN3. The molecule has 0 aliphatic carbocycles. The van der Waals surface area contributed by atoms with Crippen LogP contribution in [0.15, 0.2) is 27.7 Å². The van der Waals surface area contributed by atoms with Crippen LogP contribution in [0, 0.1) is 5.82 Å². The highest BCUT2D eigenvalue weighted by molar-refractivity contribution is 9.10. The molecule has 0 unspecified atom stereocenters. The summed E-state index contributed by atoms with van der Waals surface area (Å²) < 4.78 is 13.7. The Balaban J connectivity index is 2.66. The van der Waals surface area contributed by atoms with Crippen LogP contribution in [0.3, 0.4) is 0 Å². The Hall–Kier alpha value is -1.10. The molecular weight excluding hydrogens is 285 g/mol. The monoisotopic (exact) mass is 301 g/mol. The van der Waals surface area contributed by atoms with E-state index in [0.717, 1.165) is 5.56 Å². The molecule has 1 aromatic carbocycles. The van der Waals surface area contributed by atoms with Gasteiger partial charge < -0.3 is 11.1 Å². The number of hydrogen-bond acceptors (Lipinski definition) is 1. The van der Waals surface area contributed by atoms with E-state index in [1.807, 2.05) is 20.8 Å². The van der Waals surface area contributed by atoms with Crippen molar-refractivity contribution in [1.82, 2.24) is 5.32 Å². The summed E-state index contributed by atoms with van der Waals surface area (Å²) in [6.45, 7) is 6.34. The average molecular weight is 302 g/mol. The molecule has 94 valence electrons. The minimum atomic E-state index is -0.292. The molecule has 1 aromatic rings. The fraction of sp³-hybridized carbons (Fsp3) is 0.417. The van der Waals surface area contributed by atoms with Gasteiger partial charge in [-0.25, -0.2) is 9.38 Å². The first-order valence-electron chi connectivity index (χ1n) is 5.30. The predicted octanol–water partition coefficient (Wildman–Crippen LogP) is 2.79. The van der Waals surface area contributed by atoms with E-state index in [1.54, 1.807) is 12.1 Å². The fourth-order valence-electron chi connectivity index (χ4n) is 1.24. The smallest absolute Gasteiger partial charge is 0.189 e. The summed E-state index contributed by atoms with van der Waals surface area (Å²) in [7, 11) is 0. The van der Waals surface area contributed by atoms with Gasteiger partial charge in [-0.15, -0.1) is 0 Å². The first-order chi connectivity index (χ1) is 7.78. The van der Waals surface area contributed by atoms with Crippen LogP contribution in [-0.4, -0.2) is 11.5 Å². The maximum Gasteiger partial charge on any atom is 0.189 e. The lowest BCUT2D eigenvalue weighted by Gasteiger charge is -2.20. The number of nitrogens with one attached hydrogen (secondary N) is 1. The molecule has 0 saturated carbocycles. The van der Waals surface area contributed by atoms with Gasteiger partial charge in [-0.05, 0) is 54.4 Å². The van der Waals surface area contributed by atoms with Crippen LogP contribution in [-0.2, 0) is 6.54 Å². The van der Waals surface area contributed by atoms with Crippen molar-refractivity contribution in [1.29, 1.82) is 0 Å². The maximum absolute atomic E-state index is 13.2. The van der Waals surface area contributed by atoms with E-state index in [0.29, 0.717) is 17.0 Å². The van der Waals surface area contributed by atoms with Crippen LogP contribution in [0.1, 0.15) is 26.3 Å². The van der Waals surface area contributed by atoms with Gasteiger partial charge in [-0.1, -0.05) is 6.07 Å². The van der Waals surface area contributed by atoms with Crippen molar-refractivity contribution in [3.05, 3.63) is 34.1 Å². The summed E-state index contributed by atoms with van der Waals surface area (Å²) >= 11 is 3.10. The van der Waals surface area contributed by atoms with Gasteiger partial charge in [0, 0.05) is 5.54 Å². The third-order valence-corrected chi connectivity index (χ3v) is 2.56. The lowest BCUT2D eigenvalue weighted by molar-refractivity contribution is 0.508. The molecule has 5 heteroatoms. The third kappa shape index (κ3) is 5.17. The zero-order chi connectivity index (χ0) is 13.1. The minimum absolute atomic E-state index is 0.126. The topological polar surface area (TPSA) is 50.4 Å². The number of rotatable bonds is 2. The van der Waals surface area contributed by atoms with Crippen LogP contribution in [0.2, 0.25) is 0 Å². The second-order valence-corrected chi connectivity index (χ2v) is 5.68. The normalized spacial score (nSPS) is 12.6. The largest absolute Gasteiger partial charge is 0.370 e. The average Bonchev–Trinajstić information content (AvgIpc) is 2.17. The van der Waals surface area contributed by atoms with Crippen molar-refractivity contribution in [2.75, 3.05) is 0 Å². The van der Waals surface area contributed by atoms with Crippen LogP contribution in [0.25, 0.3) is 0 Å². The molecule has 0 bridgehead atoms. The van der Waals surface area contributed by atoms with E-state index in [-0.39, 0.29) is 11.4 Å². The molecule has 0 aromatic heterocycles. The van der Waals surface area contributed by atoms with E-state index >= 15 is 0 Å². The van der Waals surface area contributed by atoms with Crippen LogP contribution >= 0.6 is 15.9 Å². The predicted molar refractivity (Wildman–Crippen MR) is 72.3 cm³/mol. The molecule has 0 heterocycles. The minimum Gasteiger partial charge on any atom is -0.370 e. The first kappa shape index (κ1) is 14.0. The summed E-state index contributed by atoms with van der Waals surface area (Å²) in [5.41, 5.74) is 6.37. The molecule has 0 fully saturated rings. The third-order valence-electron chi connectivity index (χ3n) is 1.92. The van der Waals surface area contributed by atoms with Crippen LogP contribution in [0.5, 0.6) is 0 Å². The van der Waals surface area contributed by atoms with E-state index in [1.165, 1.54) is 6.07 Å². The van der Waals surface area contributed by atoms with E-state index < -0.39 is 0 Å². The van der Waals surface area contributed by atoms with Gasteiger partial charge in [0.15, 0.2) is 5.96 Å². The molecule has 0 saturated heterocycles. The Labute approximate surface area is 109 Å². The number of aliphatic imine (C=N–C) groups is 1. The number of hydrogen-bond donors (Lipinski definition) is 2. The SMILES string of the molecule is CC(C)(C)NC(N)=NCc1ccc(Br)c(F)c1. The van der Waals surface area contributed by atoms with Gasteiger partial charge in [0.2, 0.25) is 0 Å². The summed E-state index contributed by atoms with van der Waals surface area (Å²) in [6.07, 6.45) is 0. The van der Waals surface area contributed by atoms with E-state index in [9.17, 15) is 4.39 Å². The van der Waals surface area contributed by atoms with Gasteiger partial charge in [-0.3, -0.25) is 0 Å². The van der Waals surface area contributed by atoms with Crippen molar-refractivity contribution in [2.24, 2.45) is 10.7 Å². The van der Waals surface area contributed by atoms with Gasteiger partial charge in [-0.2, -0.15) is 0 Å². The molecule has 0 amide bonds. The van der Waals surface area contributed by atoms with Crippen molar-refractivity contribution in [3.63, 3.8) is 0 Å². The fourth-order valence-corrected chi connectivity index (χ4v) is 1.48. The molecule has 0 aliphatic heterocycles. The van der Waals surface area contributed by atoms with Gasteiger partial charge in [0.05, 0.1) is 11.0 Å². The second kappa shape index (κ2) is 5.49. The Bertz CT molecular complexity index is 424. The lowest BCUT2D eigenvalue weighted by Crippen LogP contribution is -2.44. The zero-order valence-electron chi connectivity index (χ0n) is 10.2. The van der Waals surface area contributed by atoms with Crippen molar-refractivity contribution < 1.29 is 4.39 Å². The van der Waals surface area contributed by atoms with E-state index in [2.05, 4.69) is 26.2 Å². The number of nitrogens with two attached hydrogens (primary N) is 1. The molecule has 3 N–H and O–H groups in total. The zero-order valence-corrected chi connectivity index (χ0v) is 11.8. The van der Waals surface area contributed by atoms with Crippen molar-refractivity contribution in [3.8, 4) is 0 Å². The van der Waals surface area contributed by atoms with Crippen molar-refractivity contribution in [2.45, 2.75) is 32.9 Å². The standard InChI is InChI=1S/C12H17BrFN3/c1-12(2,3)17-11(15)16-7-8-4-5-9(13)10(14)6-8/h4-6H,7H2,1-3H3,(H3,15,16,17). The Morgan fingerprint density at radius 2 is 2.12 bits per heavy atom. The Morgan fingerprint density at radius 3 is 2.65 bits per heavy atom. The van der Waals surface area contributed by atoms with Gasteiger partial charge in [0.1, 0.15) is 5.82 Å². The number of nitrogens with zero attached hydrogens (tertiary/aromatic N) is 1. The summed E-state index contributed by atoms with van der Waals surface area (Å²) in [6, 6.07) is 4.91. The summed E-state index contributed by atoms with van der Waals surface area (Å²) in [5, 5.41) is 3.04. The van der Waals surface area contributed by atoms with Crippen LogP contribution < -0.4 is 11.1 Å². The number of halogens is 2. The highest BCUT2D eigenvalue weighted by Crippen LogP contribution is 2.16. The molecule has 0 radical (unpaired) electrons. The molecule has 0 spiro atoms. The molecule has 0 atom stereocenters. The molecule has 17 heavy (non-hydrogen) atoms. The van der Waals surface area contributed by atoms with Gasteiger partial charge in [0.25, 0.3) is 0 Å². The Morgan fingerprint density at radius 1 is 1.47 bits per heavy atom. The second-order valence-electron chi connectivity index (χ2n) is 4.82. The van der Waals surface area contributed by atoms with Crippen LogP contribution in [0.4, 0.5) is 4.39 Å². The van der Waals surface area contributed by atoms with Gasteiger partial charge >= 0.3 is 0 Å². The highest BCUT2D eigenvalue weighted by Gasteiger charge is 2.09. The number of benzene rings is 1. The summed E-state index contributed by atoms with van der Waals surface area (Å²) in [4.78, 5) is 4.15. The Kier molecular flexibility index (Phi) is 4.51. The molecule has 3 nitrogen and oxygen atoms in total. The van der Waals surface area contributed by atoms with E-state index in [4.69, 9.17) is 5.73 Å². The maximum atomic E-state index is 13.2. The summed E-state index contributed by atoms with van der Waals surface area (Å²) in [5.74, 6) is 0.0703.